The average Bonchev–Trinajstić information content (AvgIpc) is 2.41. The number of fused-ring (bicyclic) bond motifs is 4. The topological polar surface area (TPSA) is 245 Å². The van der Waals surface area contributed by atoms with E-state index in [-0.39, 0.29) is 50.0 Å². The van der Waals surface area contributed by atoms with E-state index in [0.717, 1.165) is 160 Å². The summed E-state index contributed by atoms with van der Waals surface area (Å²) < 4.78 is 16.8. The predicted molar refractivity (Wildman–Crippen MR) is 320 cm³/mol. The number of rotatable bonds is 8. The second kappa shape index (κ2) is 29.4. The molecule has 8 aliphatic rings. The van der Waals surface area contributed by atoms with Gasteiger partial charge in [-0.1, -0.05) is 66.7 Å². The number of hydrogen-bond donors (Lipinski definition) is 4. The van der Waals surface area contributed by atoms with Crippen LogP contribution in [0.2, 0.25) is 10.0 Å². The second-order valence-electron chi connectivity index (χ2n) is 23.9. The van der Waals surface area contributed by atoms with Crippen LogP contribution in [-0.2, 0) is 54.3 Å². The smallest absolute Gasteiger partial charge is 0.410 e. The summed E-state index contributed by atoms with van der Waals surface area (Å²) in [7, 11) is 0. The molecule has 20 nitrogen and oxygen atoms in total. The van der Waals surface area contributed by atoms with E-state index >= 15 is 0 Å². The summed E-state index contributed by atoms with van der Waals surface area (Å²) in [6.45, 7) is 3.36. The highest BCUT2D eigenvalue weighted by molar-refractivity contribution is 6.31. The first kappa shape index (κ1) is 62.5. The molecule has 86 heavy (non-hydrogen) atoms. The molecule has 2 aromatic carbocycles. The zero-order chi connectivity index (χ0) is 60.3. The molecule has 4 N–H and O–H groups in total. The Labute approximate surface area is 512 Å². The minimum atomic E-state index is -1.02. The minimum Gasteiger partial charge on any atom is -0.480 e. The van der Waals surface area contributed by atoms with Crippen molar-refractivity contribution >= 4 is 59.4 Å². The lowest BCUT2D eigenvalue weighted by Crippen LogP contribution is -2.59. The van der Waals surface area contributed by atoms with Crippen molar-refractivity contribution in [2.75, 3.05) is 58.9 Å². The maximum atomic E-state index is 12.9. The van der Waals surface area contributed by atoms with Crippen LogP contribution in [0.1, 0.15) is 153 Å². The second-order valence-corrected chi connectivity index (χ2v) is 24.7. The van der Waals surface area contributed by atoms with Crippen LogP contribution >= 0.6 is 23.2 Å². The molecule has 2 aromatic heterocycles. The van der Waals surface area contributed by atoms with Gasteiger partial charge in [0.15, 0.2) is 0 Å². The van der Waals surface area contributed by atoms with Gasteiger partial charge in [-0.15, -0.1) is 0 Å². The van der Waals surface area contributed by atoms with Crippen molar-refractivity contribution in [1.29, 1.82) is 0 Å². The Hall–Kier alpha value is -6.58. The van der Waals surface area contributed by atoms with Gasteiger partial charge in [-0.05, 0) is 173 Å². The lowest BCUT2D eigenvalue weighted by atomic mass is 9.95. The lowest BCUT2D eigenvalue weighted by molar-refractivity contribution is -0.146. The van der Waals surface area contributed by atoms with Gasteiger partial charge in [0.2, 0.25) is 0 Å². The van der Waals surface area contributed by atoms with Gasteiger partial charge < -0.3 is 34.8 Å². The normalized spacial score (nSPS) is 24.0. The van der Waals surface area contributed by atoms with E-state index in [1.807, 2.05) is 48.5 Å². The highest BCUT2D eigenvalue weighted by Crippen LogP contribution is 2.40. The van der Waals surface area contributed by atoms with Crippen LogP contribution < -0.4 is 5.32 Å². The van der Waals surface area contributed by atoms with Crippen molar-refractivity contribution in [3.8, 4) is 0 Å². The molecule has 5 unspecified atom stereocenters. The Morgan fingerprint density at radius 1 is 0.465 bits per heavy atom. The van der Waals surface area contributed by atoms with Gasteiger partial charge in [0.1, 0.15) is 36.4 Å². The quantitative estimate of drug-likeness (QED) is 0.120. The van der Waals surface area contributed by atoms with Crippen molar-refractivity contribution in [3.63, 3.8) is 0 Å². The summed E-state index contributed by atoms with van der Waals surface area (Å²) in [6.07, 6.45) is 20.3. The summed E-state index contributed by atoms with van der Waals surface area (Å²) >= 11 is 12.6. The Morgan fingerprint density at radius 3 is 1.22 bits per heavy atom. The van der Waals surface area contributed by atoms with Crippen molar-refractivity contribution in [3.05, 3.63) is 128 Å². The van der Waals surface area contributed by atoms with Crippen LogP contribution in [0.4, 0.5) is 14.4 Å². The van der Waals surface area contributed by atoms with Crippen LogP contribution in [0.25, 0.3) is 0 Å². The molecule has 0 bridgehead atoms. The van der Waals surface area contributed by atoms with E-state index in [1.165, 1.54) is 21.1 Å². The number of carboxylic acid groups (broad SMARTS) is 3. The van der Waals surface area contributed by atoms with Crippen molar-refractivity contribution < 1.29 is 58.3 Å². The first-order valence-electron chi connectivity index (χ1n) is 30.9. The van der Waals surface area contributed by atoms with E-state index in [4.69, 9.17) is 52.5 Å². The van der Waals surface area contributed by atoms with Crippen LogP contribution in [0.5, 0.6) is 0 Å². The summed E-state index contributed by atoms with van der Waals surface area (Å²) in [6, 6.07) is 16.8. The highest BCUT2D eigenvalue weighted by atomic mass is 35.5. The first-order valence-corrected chi connectivity index (χ1v) is 31.7. The van der Waals surface area contributed by atoms with E-state index in [2.05, 4.69) is 27.2 Å². The zero-order valence-electron chi connectivity index (χ0n) is 48.7. The average molecular weight is 1220 g/mol. The number of benzene rings is 2. The molecule has 0 radical (unpaired) electrons. The number of nitrogens with one attached hydrogen (secondary N) is 1. The van der Waals surface area contributed by atoms with Gasteiger partial charge in [0, 0.05) is 81.3 Å². The summed E-state index contributed by atoms with van der Waals surface area (Å²) in [5.74, 6) is -3.02. The molecule has 3 saturated heterocycles. The fourth-order valence-electron chi connectivity index (χ4n) is 13.8. The van der Waals surface area contributed by atoms with Crippen LogP contribution in [0, 0.1) is 0 Å². The molecule has 3 saturated carbocycles. The maximum Gasteiger partial charge on any atom is 0.410 e. The van der Waals surface area contributed by atoms with E-state index in [9.17, 15) is 39.0 Å². The van der Waals surface area contributed by atoms with Crippen molar-refractivity contribution in [2.45, 2.75) is 171 Å². The number of ether oxygens (including phenoxy) is 3. The molecule has 462 valence electrons. The molecule has 5 atom stereocenters. The fraction of sp³-hybridized carbons (Fsp3) is 0.562. The molecule has 3 amide bonds. The molecule has 0 spiro atoms. The number of carbonyl (C=O) groups is 6. The van der Waals surface area contributed by atoms with Crippen LogP contribution in [0.15, 0.2) is 73.1 Å². The summed E-state index contributed by atoms with van der Waals surface area (Å²) in [5.41, 5.74) is 8.73. The van der Waals surface area contributed by atoms with E-state index < -0.39 is 54.3 Å². The Bertz CT molecular complexity index is 2880. The van der Waals surface area contributed by atoms with Gasteiger partial charge >= 0.3 is 36.2 Å². The molecule has 4 aromatic rings. The van der Waals surface area contributed by atoms with Gasteiger partial charge in [-0.2, -0.15) is 0 Å². The molecular formula is C64H80Cl2N8O12. The Kier molecular flexibility index (Phi) is 21.4. The third-order valence-electron chi connectivity index (χ3n) is 18.3. The Morgan fingerprint density at radius 2 is 0.837 bits per heavy atom. The SMILES string of the molecule is O=C(O)C1CN(C2c3ccc(Cl)cc3CCc3cccnc32)CCN1C(=O)OC1CCCCC1.O=C(O)C1CN(C2c3ccc(Cl)cc3CCc3cccnc32)CCN1C(=O)OC1CCCCC1.O=C(O)C1CNCCN1C(=O)OC1CCCCC1. The monoisotopic (exact) mass is 1220 g/mol. The molecule has 5 heterocycles. The molecule has 12 rings (SSSR count). The Balaban J connectivity index is 0.000000150. The number of carbonyl (C=O) groups excluding carboxylic acids is 3. The number of pyridine rings is 2. The molecular weight excluding hydrogens is 1140 g/mol. The van der Waals surface area contributed by atoms with Gasteiger partial charge in [0.25, 0.3) is 0 Å². The number of aryl methyl sites for hydroxylation is 4. The standard InChI is InChI=1S/2C26H30ClN3O4.C12H20N2O4/c2*27-19-10-11-21-18(15-19)9-8-17-5-4-12-28-23(17)24(21)29-13-14-30(22(16-29)25(31)32)26(33)34-20-6-2-1-3-7-20;15-11(16)10-8-13-6-7-14(10)12(17)18-9-4-2-1-3-5-9/h2*4-5,10-12,15,20,22,24H,1-3,6-9,13-14,16H2,(H,31,32);9-10,13H,1-8H2,(H,15,16). The van der Waals surface area contributed by atoms with Crippen molar-refractivity contribution in [2.24, 2.45) is 0 Å². The largest absolute Gasteiger partial charge is 0.480 e. The number of aliphatic carboxylic acids is 3. The van der Waals surface area contributed by atoms with E-state index in [1.54, 1.807) is 12.4 Å². The number of carboxylic acids is 3. The number of halogens is 2. The molecule has 6 fully saturated rings. The number of amides is 3. The zero-order valence-corrected chi connectivity index (χ0v) is 50.3. The molecule has 5 aliphatic carbocycles. The van der Waals surface area contributed by atoms with Gasteiger partial charge in [-0.25, -0.2) is 28.8 Å². The lowest BCUT2D eigenvalue weighted by Gasteiger charge is -2.43. The summed E-state index contributed by atoms with van der Waals surface area (Å²) in [5, 5.41) is 33.5. The third kappa shape index (κ3) is 15.2. The number of hydrogen-bond acceptors (Lipinski definition) is 14. The van der Waals surface area contributed by atoms with Crippen LogP contribution in [-0.4, -0.2) is 181 Å². The highest BCUT2D eigenvalue weighted by Gasteiger charge is 2.44. The first-order chi connectivity index (χ1) is 41.7. The molecule has 3 aliphatic heterocycles. The molecule has 22 heteroatoms. The summed E-state index contributed by atoms with van der Waals surface area (Å²) in [4.78, 5) is 91.4. The number of aromatic nitrogens is 2. The number of piperazine rings is 3. The fourth-order valence-corrected chi connectivity index (χ4v) is 14.2. The maximum absolute atomic E-state index is 12.9. The predicted octanol–water partition coefficient (Wildman–Crippen LogP) is 9.74. The third-order valence-corrected chi connectivity index (χ3v) is 18.8. The van der Waals surface area contributed by atoms with Gasteiger partial charge in [-0.3, -0.25) is 34.5 Å². The minimum absolute atomic E-state index is 0.0319. The number of nitrogens with zero attached hydrogens (tertiary/aromatic N) is 7. The van der Waals surface area contributed by atoms with E-state index in [0.29, 0.717) is 49.3 Å². The van der Waals surface area contributed by atoms with Crippen molar-refractivity contribution in [1.82, 2.24) is 39.8 Å². The van der Waals surface area contributed by atoms with Crippen LogP contribution in [0.3, 0.4) is 0 Å². The van der Waals surface area contributed by atoms with Gasteiger partial charge in [0.05, 0.1) is 23.5 Å².